The van der Waals surface area contributed by atoms with Gasteiger partial charge in [0.25, 0.3) is 0 Å². The van der Waals surface area contributed by atoms with Crippen molar-refractivity contribution in [2.24, 2.45) is 0 Å². The van der Waals surface area contributed by atoms with Crippen molar-refractivity contribution in [1.29, 1.82) is 0 Å². The normalized spacial score (nSPS) is 13.8. The van der Waals surface area contributed by atoms with Crippen LogP contribution in [0.3, 0.4) is 0 Å². The number of rotatable bonds is 5. The number of carbonyl (C=O) groups is 2. The SMILES string of the molecule is CCOC(=O)c1c(C=C2C(=O)C=Cc3ccccc32)c(O)n(-c2ccc(OC)cc2)c1C. The highest BCUT2D eigenvalue weighted by Gasteiger charge is 2.27. The highest BCUT2D eigenvalue weighted by atomic mass is 16.5. The van der Waals surface area contributed by atoms with Crippen LogP contribution in [0, 0.1) is 6.92 Å². The van der Waals surface area contributed by atoms with Gasteiger partial charge in [-0.15, -0.1) is 0 Å². The van der Waals surface area contributed by atoms with Gasteiger partial charge in [0.2, 0.25) is 5.88 Å². The molecule has 2 aromatic carbocycles. The van der Waals surface area contributed by atoms with Crippen molar-refractivity contribution in [2.45, 2.75) is 13.8 Å². The summed E-state index contributed by atoms with van der Waals surface area (Å²) in [5.74, 6) is -0.246. The number of nitrogens with zero attached hydrogens (tertiary/aromatic N) is 1. The number of ketones is 1. The van der Waals surface area contributed by atoms with Crippen molar-refractivity contribution in [3.8, 4) is 17.3 Å². The minimum absolute atomic E-state index is 0.150. The van der Waals surface area contributed by atoms with Gasteiger partial charge in [0.15, 0.2) is 5.78 Å². The number of hydrogen-bond acceptors (Lipinski definition) is 5. The van der Waals surface area contributed by atoms with Crippen molar-refractivity contribution in [2.75, 3.05) is 13.7 Å². The van der Waals surface area contributed by atoms with Gasteiger partial charge in [0.1, 0.15) is 5.75 Å². The lowest BCUT2D eigenvalue weighted by atomic mass is 9.90. The van der Waals surface area contributed by atoms with Crippen molar-refractivity contribution in [1.82, 2.24) is 4.57 Å². The number of methoxy groups -OCH3 is 1. The van der Waals surface area contributed by atoms with Gasteiger partial charge in [0, 0.05) is 17.0 Å². The summed E-state index contributed by atoms with van der Waals surface area (Å²) in [6.45, 7) is 3.64. The largest absolute Gasteiger partial charge is 0.497 e. The first-order valence-electron chi connectivity index (χ1n) is 10.3. The van der Waals surface area contributed by atoms with E-state index in [-0.39, 0.29) is 29.4 Å². The second kappa shape index (κ2) is 8.59. The van der Waals surface area contributed by atoms with Crippen LogP contribution < -0.4 is 4.74 Å². The first-order chi connectivity index (χ1) is 15.5. The third-order valence-electron chi connectivity index (χ3n) is 5.45. The molecule has 1 aliphatic carbocycles. The second-order valence-corrected chi connectivity index (χ2v) is 7.29. The van der Waals surface area contributed by atoms with E-state index in [0.29, 0.717) is 22.7 Å². The quantitative estimate of drug-likeness (QED) is 0.465. The molecule has 0 fully saturated rings. The third-order valence-corrected chi connectivity index (χ3v) is 5.45. The van der Waals surface area contributed by atoms with Gasteiger partial charge in [-0.1, -0.05) is 30.3 Å². The number of esters is 1. The van der Waals surface area contributed by atoms with Crippen LogP contribution in [0.15, 0.2) is 54.6 Å². The van der Waals surface area contributed by atoms with E-state index in [2.05, 4.69) is 0 Å². The van der Waals surface area contributed by atoms with E-state index >= 15 is 0 Å². The van der Waals surface area contributed by atoms with Gasteiger partial charge in [-0.25, -0.2) is 4.79 Å². The lowest BCUT2D eigenvalue weighted by Crippen LogP contribution is -2.09. The van der Waals surface area contributed by atoms with Gasteiger partial charge in [0.05, 0.1) is 24.8 Å². The molecule has 6 nitrogen and oxygen atoms in total. The Morgan fingerprint density at radius 1 is 1.09 bits per heavy atom. The number of ether oxygens (including phenoxy) is 2. The molecular weight excluding hydrogens is 406 g/mol. The van der Waals surface area contributed by atoms with Crippen LogP contribution in [-0.4, -0.2) is 35.1 Å². The summed E-state index contributed by atoms with van der Waals surface area (Å²) in [5.41, 5.74) is 3.63. The van der Waals surface area contributed by atoms with Crippen LogP contribution in [0.1, 0.15) is 39.7 Å². The molecular formula is C26H23NO5. The van der Waals surface area contributed by atoms with Gasteiger partial charge in [-0.05, 0) is 61.4 Å². The molecule has 1 heterocycles. The molecule has 0 saturated heterocycles. The average Bonchev–Trinajstić information content (AvgIpc) is 3.05. The Labute approximate surface area is 186 Å². The third kappa shape index (κ3) is 3.60. The zero-order chi connectivity index (χ0) is 22.8. The number of aromatic nitrogens is 1. The number of benzene rings is 2. The summed E-state index contributed by atoms with van der Waals surface area (Å²) in [7, 11) is 1.57. The summed E-state index contributed by atoms with van der Waals surface area (Å²) in [6.07, 6.45) is 4.82. The molecule has 0 amide bonds. The van der Waals surface area contributed by atoms with E-state index < -0.39 is 5.97 Å². The van der Waals surface area contributed by atoms with Crippen LogP contribution in [0.25, 0.3) is 23.4 Å². The zero-order valence-electron chi connectivity index (χ0n) is 18.1. The monoisotopic (exact) mass is 429 g/mol. The van der Waals surface area contributed by atoms with E-state index in [1.165, 1.54) is 6.08 Å². The summed E-state index contributed by atoms with van der Waals surface area (Å²) in [6, 6.07) is 14.6. The molecule has 6 heteroatoms. The number of fused-ring (bicyclic) bond motifs is 1. The molecule has 4 rings (SSSR count). The Morgan fingerprint density at radius 2 is 1.81 bits per heavy atom. The minimum Gasteiger partial charge on any atom is -0.497 e. The Hall–Kier alpha value is -4.06. The average molecular weight is 429 g/mol. The van der Waals surface area contributed by atoms with Crippen LogP contribution in [0.2, 0.25) is 0 Å². The fraction of sp³-hybridized carbons (Fsp3) is 0.154. The molecule has 162 valence electrons. The summed E-state index contributed by atoms with van der Waals surface area (Å²) in [5, 5.41) is 11.2. The van der Waals surface area contributed by atoms with Gasteiger partial charge in [-0.2, -0.15) is 0 Å². The molecule has 32 heavy (non-hydrogen) atoms. The predicted molar refractivity (Wildman–Crippen MR) is 123 cm³/mol. The van der Waals surface area contributed by atoms with Gasteiger partial charge in [-0.3, -0.25) is 9.36 Å². The highest BCUT2D eigenvalue weighted by Crippen LogP contribution is 2.37. The predicted octanol–water partition coefficient (Wildman–Crippen LogP) is 4.81. The number of carbonyl (C=O) groups excluding carboxylic acids is 2. The topological polar surface area (TPSA) is 77.8 Å². The van der Waals surface area contributed by atoms with Gasteiger partial charge < -0.3 is 14.6 Å². The molecule has 1 aromatic heterocycles. The molecule has 0 aliphatic heterocycles. The minimum atomic E-state index is -0.563. The highest BCUT2D eigenvalue weighted by molar-refractivity contribution is 6.33. The van der Waals surface area contributed by atoms with E-state index in [4.69, 9.17) is 9.47 Å². The molecule has 1 aliphatic rings. The molecule has 0 atom stereocenters. The molecule has 0 spiro atoms. The number of allylic oxidation sites excluding steroid dienone is 2. The lowest BCUT2D eigenvalue weighted by Gasteiger charge is -2.13. The van der Waals surface area contributed by atoms with Gasteiger partial charge >= 0.3 is 5.97 Å². The van der Waals surface area contributed by atoms with Crippen molar-refractivity contribution in [3.63, 3.8) is 0 Å². The Bertz CT molecular complexity index is 1260. The van der Waals surface area contributed by atoms with Crippen LogP contribution >= 0.6 is 0 Å². The van der Waals surface area contributed by atoms with Crippen LogP contribution in [0.5, 0.6) is 11.6 Å². The maximum Gasteiger partial charge on any atom is 0.340 e. The molecule has 3 aromatic rings. The fourth-order valence-corrected chi connectivity index (χ4v) is 3.91. The van der Waals surface area contributed by atoms with E-state index in [1.54, 1.807) is 61.9 Å². The molecule has 0 unspecified atom stereocenters. The summed E-state index contributed by atoms with van der Waals surface area (Å²) in [4.78, 5) is 25.6. The van der Waals surface area contributed by atoms with Crippen molar-refractivity contribution >= 4 is 29.5 Å². The first-order valence-corrected chi connectivity index (χ1v) is 10.3. The zero-order valence-corrected chi connectivity index (χ0v) is 18.1. The number of hydrogen-bond donors (Lipinski definition) is 1. The Morgan fingerprint density at radius 3 is 2.50 bits per heavy atom. The number of aromatic hydroxyl groups is 1. The van der Waals surface area contributed by atoms with E-state index in [1.807, 2.05) is 24.3 Å². The van der Waals surface area contributed by atoms with E-state index in [0.717, 1.165) is 11.1 Å². The molecule has 0 radical (unpaired) electrons. The first kappa shape index (κ1) is 21.2. The molecule has 0 bridgehead atoms. The maximum absolute atomic E-state index is 12.9. The Balaban J connectivity index is 1.95. The van der Waals surface area contributed by atoms with Crippen LogP contribution in [0.4, 0.5) is 0 Å². The van der Waals surface area contributed by atoms with Crippen molar-refractivity contribution < 1.29 is 24.2 Å². The second-order valence-electron chi connectivity index (χ2n) is 7.29. The van der Waals surface area contributed by atoms with E-state index in [9.17, 15) is 14.7 Å². The fourth-order valence-electron chi connectivity index (χ4n) is 3.91. The maximum atomic E-state index is 12.9. The summed E-state index contributed by atoms with van der Waals surface area (Å²) >= 11 is 0. The lowest BCUT2D eigenvalue weighted by molar-refractivity contribution is -0.109. The smallest absolute Gasteiger partial charge is 0.340 e. The summed E-state index contributed by atoms with van der Waals surface area (Å²) < 4.78 is 12.0. The van der Waals surface area contributed by atoms with Crippen LogP contribution in [-0.2, 0) is 9.53 Å². The van der Waals surface area contributed by atoms with Crippen molar-refractivity contribution in [3.05, 3.63) is 82.6 Å². The standard InChI is InChI=1S/C26H23NO5/c1-4-32-26(30)24-16(2)27(18-10-12-19(31-3)13-11-18)25(29)22(24)15-21-20-8-6-5-7-17(20)9-14-23(21)28/h5-15,29H,4H2,1-3H3. The molecule has 1 N–H and O–H groups in total. The Kier molecular flexibility index (Phi) is 5.69. The molecule has 0 saturated carbocycles.